The number of aromatic nitrogens is 2. The van der Waals surface area contributed by atoms with E-state index in [1.54, 1.807) is 6.92 Å². The third kappa shape index (κ3) is 6.69. The van der Waals surface area contributed by atoms with Crippen molar-refractivity contribution in [2.45, 2.75) is 102 Å². The van der Waals surface area contributed by atoms with Crippen LogP contribution in [0.4, 0.5) is 23.7 Å². The topological polar surface area (TPSA) is 167 Å². The third-order valence-electron chi connectivity index (χ3n) is 12.4. The number of nitrogens with zero attached hydrogens (tertiary/aromatic N) is 2. The van der Waals surface area contributed by atoms with Crippen LogP contribution in [0.5, 0.6) is 0 Å². The molecule has 2 aliphatic heterocycles. The quantitative estimate of drug-likeness (QED) is 0.190. The van der Waals surface area contributed by atoms with Crippen LogP contribution in [0.15, 0.2) is 53.3 Å². The van der Waals surface area contributed by atoms with Crippen molar-refractivity contribution in [3.63, 3.8) is 0 Å². The fraction of sp³-hybridized carbons (Fsp3) is 0.500. The Labute approximate surface area is 321 Å². The summed E-state index contributed by atoms with van der Waals surface area (Å²) in [5.41, 5.74) is 2.75. The van der Waals surface area contributed by atoms with Crippen LogP contribution in [0.2, 0.25) is 5.02 Å². The predicted octanol–water partition coefficient (Wildman–Crippen LogP) is 6.07. The molecule has 8 rings (SSSR count). The number of anilines is 1. The second-order valence-electron chi connectivity index (χ2n) is 16.1. The van der Waals surface area contributed by atoms with Crippen molar-refractivity contribution >= 4 is 42.3 Å². The van der Waals surface area contributed by atoms with E-state index in [4.69, 9.17) is 31.6 Å². The number of nitrogens with one attached hydrogen (secondary N) is 3. The van der Waals surface area contributed by atoms with E-state index in [0.29, 0.717) is 17.4 Å². The van der Waals surface area contributed by atoms with Gasteiger partial charge in [-0.2, -0.15) is 13.2 Å². The van der Waals surface area contributed by atoms with Gasteiger partial charge >= 0.3 is 19.3 Å². The van der Waals surface area contributed by atoms with Crippen LogP contribution in [0.1, 0.15) is 105 Å². The second-order valence-corrected chi connectivity index (χ2v) is 16.6. The van der Waals surface area contributed by atoms with Crippen LogP contribution in [0.3, 0.4) is 0 Å². The molecule has 3 aromatic rings. The lowest BCUT2D eigenvalue weighted by molar-refractivity contribution is -0.199. The number of urea groups is 1. The van der Waals surface area contributed by atoms with E-state index in [1.807, 2.05) is 6.92 Å². The minimum Gasteiger partial charge on any atom is -0.405 e. The number of benzene rings is 2. The maximum absolute atomic E-state index is 14.7. The van der Waals surface area contributed by atoms with Gasteiger partial charge in [-0.25, -0.2) is 9.78 Å². The molecule has 1 saturated heterocycles. The number of rotatable bonds is 9. The Morgan fingerprint density at radius 3 is 2.45 bits per heavy atom. The van der Waals surface area contributed by atoms with Crippen LogP contribution in [0, 0.1) is 17.3 Å². The van der Waals surface area contributed by atoms with Crippen molar-refractivity contribution in [1.82, 2.24) is 20.2 Å². The summed E-state index contributed by atoms with van der Waals surface area (Å²) in [5, 5.41) is 8.45. The molecule has 0 radical (unpaired) electrons. The first-order chi connectivity index (χ1) is 25.8. The zero-order valence-electron chi connectivity index (χ0n) is 31.1. The molecule has 1 aromatic heterocycles. The minimum atomic E-state index is -4.58. The molecule has 3 aliphatic carbocycles. The molecule has 5 aliphatic rings. The fourth-order valence-electron chi connectivity index (χ4n) is 9.26. The van der Waals surface area contributed by atoms with Crippen molar-refractivity contribution in [2.75, 3.05) is 5.32 Å². The van der Waals surface area contributed by atoms with Crippen molar-refractivity contribution in [2.24, 2.45) is 23.0 Å². The summed E-state index contributed by atoms with van der Waals surface area (Å²) >= 11 is 5.94. The smallest absolute Gasteiger partial charge is 0.405 e. The van der Waals surface area contributed by atoms with Gasteiger partial charge in [0.15, 0.2) is 0 Å². The van der Waals surface area contributed by atoms with Gasteiger partial charge in [-0.3, -0.25) is 24.3 Å². The van der Waals surface area contributed by atoms with Crippen LogP contribution in [-0.2, 0) is 32.4 Å². The Kier molecular flexibility index (Phi) is 9.65. The molecule has 12 nitrogen and oxygen atoms in total. The summed E-state index contributed by atoms with van der Waals surface area (Å²) in [6.45, 7) is 9.79. The maximum Gasteiger partial charge on any atom is 0.467 e. The van der Waals surface area contributed by atoms with Gasteiger partial charge in [-0.1, -0.05) is 44.5 Å². The first kappa shape index (κ1) is 38.9. The Bertz CT molecular complexity index is 2120. The number of carbonyl (C=O) groups excluding carboxylic acids is 3. The van der Waals surface area contributed by atoms with Crippen LogP contribution in [-0.4, -0.2) is 46.2 Å². The molecule has 7 atom stereocenters. The summed E-state index contributed by atoms with van der Waals surface area (Å²) in [7, 11) is -0.841. The maximum atomic E-state index is 14.7. The molecule has 0 spiro atoms. The summed E-state index contributed by atoms with van der Waals surface area (Å²) in [4.78, 5) is 58.9. The molecule has 5 N–H and O–H groups in total. The molecule has 4 amide bonds. The highest BCUT2D eigenvalue weighted by atomic mass is 35.5. The normalized spacial score (nSPS) is 28.1. The number of halogens is 4. The number of alkyl halides is 3. The zero-order valence-corrected chi connectivity index (χ0v) is 31.8. The second kappa shape index (κ2) is 13.7. The molecule has 292 valence electrons. The van der Waals surface area contributed by atoms with Crippen LogP contribution < -0.4 is 27.2 Å². The summed E-state index contributed by atoms with van der Waals surface area (Å²) in [6.07, 6.45) is -2.78. The zero-order chi connectivity index (χ0) is 39.8. The van der Waals surface area contributed by atoms with Gasteiger partial charge in [0, 0.05) is 29.4 Å². The van der Waals surface area contributed by atoms with Gasteiger partial charge < -0.3 is 25.7 Å². The van der Waals surface area contributed by atoms with Crippen molar-refractivity contribution < 1.29 is 36.9 Å². The van der Waals surface area contributed by atoms with E-state index in [1.165, 1.54) is 36.4 Å². The molecular formula is C38H43BClF3N6O6. The lowest BCUT2D eigenvalue weighted by atomic mass is 9.43. The standard InChI is InChI=1S/C38H43BClF3N6O6/c1-6-24(39-54-27-16-22-15-26(35(22,2)3)37(27,5)55-39)28-29(45-18-19-8-7-9-21(14-19)38(41,42)43)32(52)49-25(30(44)50)17-36(4,33(49)46-28)48-34(53)47-31(51)20-10-12-23(40)13-11-20/h7-14,22,24-27,45H,6,15-18H2,1-5H3,(H2,44,50)(H2,47,48,51,53)/t22-,24+,25?,26-,27+,36?,37-/m0/s1. The Morgan fingerprint density at radius 1 is 1.11 bits per heavy atom. The molecule has 2 bridgehead atoms. The van der Waals surface area contributed by atoms with Crippen LogP contribution in [0.25, 0.3) is 0 Å². The summed E-state index contributed by atoms with van der Waals surface area (Å²) in [6, 6.07) is 8.41. The fourth-order valence-corrected chi connectivity index (χ4v) is 9.39. The number of imide groups is 1. The molecule has 3 heterocycles. The number of nitrogens with two attached hydrogens (primary N) is 1. The average molecular weight is 783 g/mol. The highest BCUT2D eigenvalue weighted by Gasteiger charge is 2.68. The summed E-state index contributed by atoms with van der Waals surface area (Å²) in [5.74, 6) is -1.55. The number of amides is 4. The van der Waals surface area contributed by atoms with Gasteiger partial charge in [-0.15, -0.1) is 0 Å². The van der Waals surface area contributed by atoms with Crippen molar-refractivity contribution in [3.05, 3.63) is 92.1 Å². The van der Waals surface area contributed by atoms with E-state index in [9.17, 15) is 32.3 Å². The highest BCUT2D eigenvalue weighted by Crippen LogP contribution is 2.66. The number of fused-ring (bicyclic) bond motifs is 1. The lowest BCUT2D eigenvalue weighted by Crippen LogP contribution is -2.65. The van der Waals surface area contributed by atoms with Gasteiger partial charge in [0.2, 0.25) is 5.91 Å². The molecular weight excluding hydrogens is 740 g/mol. The van der Waals surface area contributed by atoms with Gasteiger partial charge in [-0.05, 0) is 92.3 Å². The van der Waals surface area contributed by atoms with E-state index in [2.05, 4.69) is 36.7 Å². The SMILES string of the molecule is CC[C@@H](B1O[C@@H]2C[C@@H]3C[C@@H](C3(C)C)[C@]2(C)O1)c1nc2n(c(=O)c1NCc1cccc(C(F)(F)F)c1)C(C(N)=O)CC2(C)NC(=O)NC(=O)c1ccc(Cl)cc1. The van der Waals surface area contributed by atoms with E-state index < -0.39 is 65.3 Å². The van der Waals surface area contributed by atoms with Gasteiger partial charge in [0.25, 0.3) is 11.5 Å². The lowest BCUT2D eigenvalue weighted by Gasteiger charge is -2.64. The molecule has 4 fully saturated rings. The van der Waals surface area contributed by atoms with Crippen molar-refractivity contribution in [1.29, 1.82) is 0 Å². The number of hydrogen-bond donors (Lipinski definition) is 4. The Morgan fingerprint density at radius 2 is 1.82 bits per heavy atom. The number of carbonyl (C=O) groups is 3. The Hall–Kier alpha value is -4.41. The monoisotopic (exact) mass is 782 g/mol. The molecule has 55 heavy (non-hydrogen) atoms. The molecule has 17 heteroatoms. The third-order valence-corrected chi connectivity index (χ3v) is 12.7. The van der Waals surface area contributed by atoms with E-state index in [0.717, 1.165) is 29.5 Å². The molecule has 3 saturated carbocycles. The van der Waals surface area contributed by atoms with Gasteiger partial charge in [0.1, 0.15) is 17.6 Å². The number of primary amides is 1. The molecule has 2 unspecified atom stereocenters. The Balaban J connectivity index is 1.28. The van der Waals surface area contributed by atoms with Gasteiger partial charge in [0.05, 0.1) is 28.5 Å². The first-order valence-corrected chi connectivity index (χ1v) is 18.7. The largest absolute Gasteiger partial charge is 0.467 e. The van der Waals surface area contributed by atoms with E-state index >= 15 is 0 Å². The first-order valence-electron chi connectivity index (χ1n) is 18.4. The average Bonchev–Trinajstić information content (AvgIpc) is 3.62. The minimum absolute atomic E-state index is 0.00141. The highest BCUT2D eigenvalue weighted by molar-refractivity contribution is 6.47. The van der Waals surface area contributed by atoms with E-state index in [-0.39, 0.29) is 58.7 Å². The summed E-state index contributed by atoms with van der Waals surface area (Å²) < 4.78 is 55.4. The predicted molar refractivity (Wildman–Crippen MR) is 198 cm³/mol. The molecule has 2 aromatic carbocycles. The van der Waals surface area contributed by atoms with Crippen molar-refractivity contribution in [3.8, 4) is 0 Å². The van der Waals surface area contributed by atoms with Crippen LogP contribution >= 0.6 is 11.6 Å². The number of hydrogen-bond acceptors (Lipinski definition) is 8.